The van der Waals surface area contributed by atoms with E-state index in [-0.39, 0.29) is 11.7 Å². The Bertz CT molecular complexity index is 125. The first-order valence-corrected chi connectivity index (χ1v) is 2.96. The van der Waals surface area contributed by atoms with E-state index in [1.54, 1.807) is 19.1 Å². The fourth-order valence-corrected chi connectivity index (χ4v) is 0.608. The van der Waals surface area contributed by atoms with E-state index >= 15 is 0 Å². The van der Waals surface area contributed by atoms with E-state index in [0.29, 0.717) is 6.42 Å². The second kappa shape index (κ2) is 4.07. The highest BCUT2D eigenvalue weighted by atomic mass is 16.1. The molecule has 0 amide bonds. The number of allylic oxidation sites excluding steroid dienone is 2. The van der Waals surface area contributed by atoms with Crippen LogP contribution >= 0.6 is 0 Å². The van der Waals surface area contributed by atoms with Crippen LogP contribution in [0.2, 0.25) is 0 Å². The molecule has 0 aromatic carbocycles. The van der Waals surface area contributed by atoms with Crippen molar-refractivity contribution in [3.63, 3.8) is 0 Å². The minimum atomic E-state index is -0.0255. The molecule has 1 unspecified atom stereocenters. The maximum atomic E-state index is 10.6. The number of hydrogen-bond acceptors (Lipinski definition) is 1. The van der Waals surface area contributed by atoms with Crippen LogP contribution in [0.1, 0.15) is 13.3 Å². The third kappa shape index (κ3) is 2.85. The van der Waals surface area contributed by atoms with Crippen LogP contribution in [0.15, 0.2) is 25.3 Å². The van der Waals surface area contributed by atoms with Crippen molar-refractivity contribution in [1.29, 1.82) is 0 Å². The minimum Gasteiger partial charge on any atom is -0.299 e. The average molecular weight is 124 g/mol. The Hall–Kier alpha value is -0.850. The van der Waals surface area contributed by atoms with E-state index in [4.69, 9.17) is 0 Å². The van der Waals surface area contributed by atoms with Crippen molar-refractivity contribution >= 4 is 5.78 Å². The van der Waals surface area contributed by atoms with Gasteiger partial charge < -0.3 is 0 Å². The van der Waals surface area contributed by atoms with Gasteiger partial charge in [0, 0.05) is 5.92 Å². The molecule has 0 aliphatic rings. The molecule has 0 aliphatic heterocycles. The van der Waals surface area contributed by atoms with Crippen molar-refractivity contribution in [1.82, 2.24) is 0 Å². The fraction of sp³-hybridized carbons (Fsp3) is 0.375. The van der Waals surface area contributed by atoms with Gasteiger partial charge in [0.15, 0.2) is 0 Å². The first kappa shape index (κ1) is 8.15. The molecule has 0 N–H and O–H groups in total. The van der Waals surface area contributed by atoms with E-state index in [1.807, 2.05) is 0 Å². The molecule has 1 heteroatoms. The van der Waals surface area contributed by atoms with Gasteiger partial charge in [-0.3, -0.25) is 4.79 Å². The largest absolute Gasteiger partial charge is 0.299 e. The average Bonchev–Trinajstić information content (AvgIpc) is 1.82. The normalized spacial score (nSPS) is 12.1. The van der Waals surface area contributed by atoms with Gasteiger partial charge in [-0.15, -0.1) is 13.2 Å². The number of hydrogen-bond donors (Lipinski definition) is 0. The molecule has 0 spiro atoms. The number of carbonyl (C=O) groups is 1. The molecule has 0 aliphatic carbocycles. The Morgan fingerprint density at radius 2 is 2.22 bits per heavy atom. The topological polar surface area (TPSA) is 17.1 Å². The molecule has 1 atom stereocenters. The summed E-state index contributed by atoms with van der Waals surface area (Å²) in [6.45, 7) is 8.63. The Labute approximate surface area is 56.1 Å². The van der Waals surface area contributed by atoms with Crippen LogP contribution in [-0.4, -0.2) is 5.78 Å². The zero-order valence-corrected chi connectivity index (χ0v) is 5.76. The van der Waals surface area contributed by atoms with Crippen LogP contribution < -0.4 is 0 Å². The molecule has 1 nitrogen and oxygen atoms in total. The molecule has 0 radical (unpaired) electrons. The molecule has 0 heterocycles. The van der Waals surface area contributed by atoms with Crippen molar-refractivity contribution in [2.45, 2.75) is 13.3 Å². The van der Waals surface area contributed by atoms with E-state index in [9.17, 15) is 4.79 Å². The lowest BCUT2D eigenvalue weighted by Crippen LogP contribution is -2.05. The molecule has 50 valence electrons. The third-order valence-corrected chi connectivity index (χ3v) is 1.23. The van der Waals surface area contributed by atoms with Gasteiger partial charge in [-0.05, 0) is 13.3 Å². The summed E-state index contributed by atoms with van der Waals surface area (Å²) in [7, 11) is 0. The Balaban J connectivity index is 3.81. The summed E-state index contributed by atoms with van der Waals surface area (Å²) in [5, 5.41) is 0. The van der Waals surface area contributed by atoms with Crippen molar-refractivity contribution in [3.05, 3.63) is 25.3 Å². The van der Waals surface area contributed by atoms with Crippen molar-refractivity contribution in [2.75, 3.05) is 0 Å². The molecule has 0 saturated heterocycles. The predicted octanol–water partition coefficient (Wildman–Crippen LogP) is 1.95. The Kier molecular flexibility index (Phi) is 3.69. The summed E-state index contributed by atoms with van der Waals surface area (Å²) < 4.78 is 0. The summed E-state index contributed by atoms with van der Waals surface area (Å²) in [6.07, 6.45) is 4.09. The van der Waals surface area contributed by atoms with E-state index < -0.39 is 0 Å². The zero-order chi connectivity index (χ0) is 7.28. The fourth-order valence-electron chi connectivity index (χ4n) is 0.608. The highest BCUT2D eigenvalue weighted by Gasteiger charge is 2.05. The molecule has 0 aromatic rings. The number of Topliss-reactive ketones (excluding diaryl/α,β-unsaturated/α-hetero) is 1. The Morgan fingerprint density at radius 1 is 1.67 bits per heavy atom. The minimum absolute atomic E-state index is 0.0255. The predicted molar refractivity (Wildman–Crippen MR) is 39.2 cm³/mol. The maximum Gasteiger partial charge on any atom is 0.136 e. The molecule has 9 heavy (non-hydrogen) atoms. The van der Waals surface area contributed by atoms with Gasteiger partial charge in [-0.25, -0.2) is 0 Å². The summed E-state index contributed by atoms with van der Waals surface area (Å²) in [4.78, 5) is 10.6. The van der Waals surface area contributed by atoms with Crippen molar-refractivity contribution in [2.24, 2.45) is 5.92 Å². The molecule has 0 bridgehead atoms. The second-order valence-electron chi connectivity index (χ2n) is 1.98. The lowest BCUT2D eigenvalue weighted by molar-refractivity contribution is -0.119. The Morgan fingerprint density at radius 3 is 2.33 bits per heavy atom. The second-order valence-corrected chi connectivity index (χ2v) is 1.98. The summed E-state index contributed by atoms with van der Waals surface area (Å²) in [6, 6.07) is 0. The van der Waals surface area contributed by atoms with Crippen LogP contribution in [0.25, 0.3) is 0 Å². The van der Waals surface area contributed by atoms with Gasteiger partial charge in [0.2, 0.25) is 0 Å². The van der Waals surface area contributed by atoms with Crippen molar-refractivity contribution in [3.8, 4) is 0 Å². The number of ketones is 1. The van der Waals surface area contributed by atoms with E-state index in [2.05, 4.69) is 13.2 Å². The third-order valence-electron chi connectivity index (χ3n) is 1.23. The van der Waals surface area contributed by atoms with Crippen LogP contribution in [0.5, 0.6) is 0 Å². The highest BCUT2D eigenvalue weighted by Crippen LogP contribution is 2.04. The standard InChI is InChI=1S/C8H12O/c1-4-6-8(5-2)7(3)9/h4-5,8H,1-2,6H2,3H3. The maximum absolute atomic E-state index is 10.6. The molecular formula is C8H12O. The van der Waals surface area contributed by atoms with Gasteiger partial charge in [0.25, 0.3) is 0 Å². The lowest BCUT2D eigenvalue weighted by atomic mass is 10.0. The SMILES string of the molecule is C=CCC(C=C)C(C)=O. The smallest absolute Gasteiger partial charge is 0.136 e. The van der Waals surface area contributed by atoms with Gasteiger partial charge >= 0.3 is 0 Å². The van der Waals surface area contributed by atoms with E-state index in [0.717, 1.165) is 0 Å². The molecular weight excluding hydrogens is 112 g/mol. The van der Waals surface area contributed by atoms with Gasteiger partial charge in [0.05, 0.1) is 0 Å². The van der Waals surface area contributed by atoms with E-state index in [1.165, 1.54) is 0 Å². The molecule has 0 rings (SSSR count). The van der Waals surface area contributed by atoms with Gasteiger partial charge in [-0.1, -0.05) is 12.2 Å². The first-order valence-electron chi connectivity index (χ1n) is 2.96. The van der Waals surface area contributed by atoms with Gasteiger partial charge in [0.1, 0.15) is 5.78 Å². The lowest BCUT2D eigenvalue weighted by Gasteiger charge is -2.01. The first-order chi connectivity index (χ1) is 4.22. The van der Waals surface area contributed by atoms with Gasteiger partial charge in [-0.2, -0.15) is 0 Å². The number of carbonyl (C=O) groups excluding carboxylic acids is 1. The molecule has 0 saturated carbocycles. The van der Waals surface area contributed by atoms with Crippen LogP contribution in [-0.2, 0) is 4.79 Å². The van der Waals surface area contributed by atoms with Crippen LogP contribution in [0, 0.1) is 5.92 Å². The van der Waals surface area contributed by atoms with Crippen molar-refractivity contribution < 1.29 is 4.79 Å². The monoisotopic (exact) mass is 124 g/mol. The zero-order valence-electron chi connectivity index (χ0n) is 5.76. The van der Waals surface area contributed by atoms with Crippen LogP contribution in [0.4, 0.5) is 0 Å². The summed E-state index contributed by atoms with van der Waals surface area (Å²) >= 11 is 0. The summed E-state index contributed by atoms with van der Waals surface area (Å²) in [5.74, 6) is 0.132. The summed E-state index contributed by atoms with van der Waals surface area (Å²) in [5.41, 5.74) is 0. The highest BCUT2D eigenvalue weighted by molar-refractivity contribution is 5.80. The quantitative estimate of drug-likeness (QED) is 0.523. The molecule has 0 fully saturated rings. The number of rotatable bonds is 4. The molecule has 0 aromatic heterocycles. The van der Waals surface area contributed by atoms with Crippen LogP contribution in [0.3, 0.4) is 0 Å².